The summed E-state index contributed by atoms with van der Waals surface area (Å²) >= 11 is 0. The van der Waals surface area contributed by atoms with Gasteiger partial charge in [-0.1, -0.05) is 0 Å². The number of carbonyl (C=O) groups excluding carboxylic acids is 1. The molecule has 0 bridgehead atoms. The Morgan fingerprint density at radius 2 is 2.00 bits per heavy atom. The van der Waals surface area contributed by atoms with Crippen molar-refractivity contribution in [1.29, 1.82) is 0 Å². The van der Waals surface area contributed by atoms with Gasteiger partial charge in [-0.25, -0.2) is 0 Å². The Balaban J connectivity index is 2.25. The van der Waals surface area contributed by atoms with Crippen molar-refractivity contribution >= 4 is 13.6 Å². The molecular formula is C14H22N3O10P. The number of hydrogen-bond acceptors (Lipinski definition) is 10. The fourth-order valence-electron chi connectivity index (χ4n) is 2.59. The highest BCUT2D eigenvalue weighted by molar-refractivity contribution is 7.55. The maximum absolute atomic E-state index is 11.9. The Morgan fingerprint density at radius 3 is 2.54 bits per heavy atom. The largest absolute Gasteiger partial charge is 0.469 e. The molecule has 0 aliphatic carbocycles. The summed E-state index contributed by atoms with van der Waals surface area (Å²) in [6.07, 6.45) is -7.12. The summed E-state index contributed by atoms with van der Waals surface area (Å²) in [6, 6.07) is 0. The van der Waals surface area contributed by atoms with Crippen molar-refractivity contribution in [3.8, 4) is 0 Å². The van der Waals surface area contributed by atoms with Crippen LogP contribution in [0.3, 0.4) is 0 Å². The molecule has 0 aromatic carbocycles. The molecular weight excluding hydrogens is 401 g/mol. The Hall–Kier alpha value is -1.70. The van der Waals surface area contributed by atoms with E-state index in [9.17, 15) is 24.7 Å². The number of nitrogens with zero attached hydrogens (tertiary/aromatic N) is 2. The molecule has 1 aromatic heterocycles. The van der Waals surface area contributed by atoms with Crippen molar-refractivity contribution in [1.82, 2.24) is 15.4 Å². The van der Waals surface area contributed by atoms with Crippen LogP contribution in [0.5, 0.6) is 0 Å². The molecule has 0 spiro atoms. The molecule has 158 valence electrons. The second kappa shape index (κ2) is 9.20. The van der Waals surface area contributed by atoms with E-state index in [0.29, 0.717) is 5.82 Å². The van der Waals surface area contributed by atoms with Crippen molar-refractivity contribution in [3.63, 3.8) is 0 Å². The lowest BCUT2D eigenvalue weighted by Crippen LogP contribution is -2.58. The highest BCUT2D eigenvalue weighted by atomic mass is 31.2. The first kappa shape index (κ1) is 22.6. The Bertz CT molecular complexity index is 723. The number of aromatic amines is 1. The molecule has 28 heavy (non-hydrogen) atoms. The molecule has 14 heteroatoms. The lowest BCUT2D eigenvalue weighted by molar-refractivity contribution is -0.303. The zero-order valence-electron chi connectivity index (χ0n) is 14.9. The van der Waals surface area contributed by atoms with Gasteiger partial charge < -0.3 is 39.3 Å². The zero-order chi connectivity index (χ0) is 21.1. The van der Waals surface area contributed by atoms with Gasteiger partial charge in [0.25, 0.3) is 0 Å². The van der Waals surface area contributed by atoms with Gasteiger partial charge in [0.1, 0.15) is 36.2 Å². The van der Waals surface area contributed by atoms with Crippen LogP contribution in [0.1, 0.15) is 18.7 Å². The van der Waals surface area contributed by atoms with E-state index in [1.165, 1.54) is 20.2 Å². The summed E-state index contributed by atoms with van der Waals surface area (Å²) in [7, 11) is -3.38. The van der Waals surface area contributed by atoms with E-state index in [1.807, 2.05) is 0 Å². The van der Waals surface area contributed by atoms with Gasteiger partial charge in [0, 0.05) is 5.82 Å². The number of aromatic nitrogens is 3. The average Bonchev–Trinajstić information content (AvgIpc) is 3.17. The number of nitrogens with one attached hydrogen (secondary N) is 1. The van der Waals surface area contributed by atoms with E-state index in [2.05, 4.69) is 20.1 Å². The Kier molecular flexibility index (Phi) is 7.42. The molecule has 2 rings (SSSR count). The van der Waals surface area contributed by atoms with Crippen LogP contribution in [0.15, 0.2) is 18.1 Å². The minimum atomic E-state index is -4.55. The lowest BCUT2D eigenvalue weighted by atomic mass is 9.98. The number of rotatable bonds is 7. The molecule has 13 nitrogen and oxygen atoms in total. The van der Waals surface area contributed by atoms with E-state index in [4.69, 9.17) is 19.3 Å². The third-order valence-electron chi connectivity index (χ3n) is 4.11. The van der Waals surface area contributed by atoms with Crippen LogP contribution in [0, 0.1) is 5.92 Å². The quantitative estimate of drug-likeness (QED) is 0.212. The van der Waals surface area contributed by atoms with Crippen LogP contribution < -0.4 is 0 Å². The van der Waals surface area contributed by atoms with Crippen molar-refractivity contribution in [2.75, 3.05) is 7.11 Å². The molecule has 2 unspecified atom stereocenters. The summed E-state index contributed by atoms with van der Waals surface area (Å²) in [5, 5.41) is 40.0. The third kappa shape index (κ3) is 5.43. The smallest absolute Gasteiger partial charge is 0.348 e. The van der Waals surface area contributed by atoms with Crippen molar-refractivity contribution in [3.05, 3.63) is 23.8 Å². The predicted molar refractivity (Wildman–Crippen MR) is 89.3 cm³/mol. The standard InChI is InChI=1S/C14H22N3O10P/c1-6(13(21)25-2)12(7-5-15-17-16-7)27-14-11(20)10(19)9(18)8(26-14)3-4-28(22,23)24/h3-6,8-12,14,18-20H,1-2H3,(H,15,16,17)(H2,22,23,24)/b4-3+/t6?,8-,9-,10+,11+,12?,14-/m1/s1. The van der Waals surface area contributed by atoms with Crippen LogP contribution in [-0.4, -0.2) is 84.3 Å². The number of carbonyl (C=O) groups is 1. The Labute approximate surface area is 159 Å². The molecule has 2 heterocycles. The van der Waals surface area contributed by atoms with Crippen LogP contribution >= 0.6 is 7.60 Å². The number of aliphatic hydroxyl groups excluding tert-OH is 3. The second-order valence-corrected chi connectivity index (χ2v) is 7.61. The molecule has 1 fully saturated rings. The van der Waals surface area contributed by atoms with Gasteiger partial charge in [-0.3, -0.25) is 9.36 Å². The Morgan fingerprint density at radius 1 is 1.32 bits per heavy atom. The molecule has 1 aliphatic rings. The first-order valence-corrected chi connectivity index (χ1v) is 9.76. The highest BCUT2D eigenvalue weighted by Crippen LogP contribution is 2.37. The van der Waals surface area contributed by atoms with Gasteiger partial charge in [0.05, 0.1) is 19.2 Å². The molecule has 0 saturated carbocycles. The first-order valence-electron chi connectivity index (χ1n) is 8.08. The molecule has 0 radical (unpaired) electrons. The predicted octanol–water partition coefficient (Wildman–Crippen LogP) is -1.83. The summed E-state index contributed by atoms with van der Waals surface area (Å²) < 4.78 is 26.6. The van der Waals surface area contributed by atoms with Gasteiger partial charge in [-0.05, 0) is 13.0 Å². The maximum atomic E-state index is 11.9. The number of aliphatic hydroxyl groups is 3. The molecule has 0 amide bonds. The van der Waals surface area contributed by atoms with Crippen LogP contribution in [-0.2, 0) is 23.6 Å². The van der Waals surface area contributed by atoms with Crippen LogP contribution in [0.2, 0.25) is 0 Å². The van der Waals surface area contributed by atoms with E-state index < -0.39 is 56.3 Å². The topological polar surface area (TPSA) is 205 Å². The van der Waals surface area contributed by atoms with Crippen molar-refractivity contribution < 1.29 is 48.7 Å². The van der Waals surface area contributed by atoms with Crippen molar-refractivity contribution in [2.45, 2.75) is 43.7 Å². The number of methoxy groups -OCH3 is 1. The fraction of sp³-hybridized carbons (Fsp3) is 0.643. The molecule has 1 aliphatic heterocycles. The van der Waals surface area contributed by atoms with E-state index in [1.54, 1.807) is 0 Å². The van der Waals surface area contributed by atoms with Gasteiger partial charge in [-0.15, -0.1) is 0 Å². The number of ether oxygens (including phenoxy) is 3. The van der Waals surface area contributed by atoms with Gasteiger partial charge in [-0.2, -0.15) is 15.4 Å². The number of esters is 1. The van der Waals surface area contributed by atoms with E-state index in [0.717, 1.165) is 6.08 Å². The van der Waals surface area contributed by atoms with Crippen molar-refractivity contribution in [2.24, 2.45) is 5.92 Å². The van der Waals surface area contributed by atoms with Gasteiger partial charge >= 0.3 is 13.6 Å². The minimum absolute atomic E-state index is 0.177. The summed E-state index contributed by atoms with van der Waals surface area (Å²) in [5.74, 6) is -1.08. The van der Waals surface area contributed by atoms with E-state index >= 15 is 0 Å². The highest BCUT2D eigenvalue weighted by Gasteiger charge is 2.45. The zero-order valence-corrected chi connectivity index (χ0v) is 15.8. The second-order valence-electron chi connectivity index (χ2n) is 6.13. The molecule has 6 N–H and O–H groups in total. The monoisotopic (exact) mass is 423 g/mol. The third-order valence-corrected chi connectivity index (χ3v) is 4.67. The van der Waals surface area contributed by atoms with Gasteiger partial charge in [0.15, 0.2) is 6.29 Å². The molecule has 1 aromatic rings. The summed E-state index contributed by atoms with van der Waals surface area (Å²) in [4.78, 5) is 29.8. The number of H-pyrrole nitrogens is 1. The summed E-state index contributed by atoms with van der Waals surface area (Å²) in [6.45, 7) is 1.47. The maximum Gasteiger partial charge on any atom is 0.348 e. The summed E-state index contributed by atoms with van der Waals surface area (Å²) in [5.41, 5.74) is 0.177. The van der Waals surface area contributed by atoms with Crippen LogP contribution in [0.4, 0.5) is 0 Å². The van der Waals surface area contributed by atoms with E-state index in [-0.39, 0.29) is 5.69 Å². The lowest BCUT2D eigenvalue weighted by Gasteiger charge is -2.40. The molecule has 7 atom stereocenters. The number of hydrogen-bond donors (Lipinski definition) is 6. The average molecular weight is 423 g/mol. The minimum Gasteiger partial charge on any atom is -0.469 e. The normalized spacial score (nSPS) is 30.9. The SMILES string of the molecule is COC(=O)C(C)C(O[C@H]1O[C@H](/C=C/P(=O)(O)O)[C@@H](O)[C@H](O)[C@@H]1O)c1cn[nH]n1. The first-order chi connectivity index (χ1) is 13.0. The fourth-order valence-corrected chi connectivity index (χ4v) is 2.98. The van der Waals surface area contributed by atoms with Gasteiger partial charge in [0.2, 0.25) is 0 Å². The van der Waals surface area contributed by atoms with Crippen LogP contribution in [0.25, 0.3) is 0 Å². The molecule has 1 saturated heterocycles.